The molecule has 19 heavy (non-hydrogen) atoms. The van der Waals surface area contributed by atoms with Crippen LogP contribution >= 0.6 is 0 Å². The van der Waals surface area contributed by atoms with Gasteiger partial charge in [-0.1, -0.05) is 30.3 Å². The van der Waals surface area contributed by atoms with Gasteiger partial charge >= 0.3 is 5.97 Å². The third-order valence-electron chi connectivity index (χ3n) is 4.10. The molecule has 1 N–H and O–H groups in total. The number of rotatable bonds is 1. The zero-order chi connectivity index (χ0) is 13.0. The lowest BCUT2D eigenvalue weighted by Crippen LogP contribution is -2.47. The van der Waals surface area contributed by atoms with Crippen molar-refractivity contribution in [2.75, 3.05) is 0 Å². The average molecular weight is 262 g/mol. The molecule has 1 aromatic rings. The predicted octanol–water partition coefficient (Wildman–Crippen LogP) is 0.920. The first-order valence-electron chi connectivity index (χ1n) is 6.45. The van der Waals surface area contributed by atoms with Crippen LogP contribution in [0.2, 0.25) is 0 Å². The Balaban J connectivity index is 1.59. The molecule has 5 heteroatoms. The van der Waals surface area contributed by atoms with Crippen LogP contribution in [0, 0.1) is 0 Å². The number of carbonyl (C=O) groups is 1. The van der Waals surface area contributed by atoms with Gasteiger partial charge in [0.25, 0.3) is 0 Å². The molecule has 1 saturated carbocycles. The van der Waals surface area contributed by atoms with E-state index in [9.17, 15) is 9.90 Å². The van der Waals surface area contributed by atoms with Crippen LogP contribution in [-0.4, -0.2) is 35.0 Å². The molecule has 2 bridgehead atoms. The normalized spacial score (nSPS) is 43.9. The molecule has 100 valence electrons. The summed E-state index contributed by atoms with van der Waals surface area (Å²) in [5, 5.41) is 10.2. The van der Waals surface area contributed by atoms with E-state index in [1.807, 2.05) is 30.3 Å². The zero-order valence-corrected chi connectivity index (χ0v) is 10.2. The average Bonchev–Trinajstić information content (AvgIpc) is 2.92. The largest absolute Gasteiger partial charge is 0.457 e. The van der Waals surface area contributed by atoms with Gasteiger partial charge in [-0.15, -0.1) is 0 Å². The third-order valence-corrected chi connectivity index (χ3v) is 4.10. The molecule has 1 aliphatic carbocycles. The van der Waals surface area contributed by atoms with Crippen LogP contribution in [0.1, 0.15) is 24.7 Å². The van der Waals surface area contributed by atoms with Crippen LogP contribution in [0.5, 0.6) is 0 Å². The van der Waals surface area contributed by atoms with Crippen molar-refractivity contribution in [3.05, 3.63) is 35.9 Å². The molecule has 1 aromatic carbocycles. The maximum Gasteiger partial charge on any atom is 0.338 e. The first-order chi connectivity index (χ1) is 9.16. The van der Waals surface area contributed by atoms with Gasteiger partial charge in [-0.2, -0.15) is 0 Å². The summed E-state index contributed by atoms with van der Waals surface area (Å²) < 4.78 is 16.9. The minimum Gasteiger partial charge on any atom is -0.457 e. The van der Waals surface area contributed by atoms with E-state index in [1.165, 1.54) is 0 Å². The number of esters is 1. The summed E-state index contributed by atoms with van der Waals surface area (Å²) >= 11 is 0. The van der Waals surface area contributed by atoms with Gasteiger partial charge in [0.05, 0.1) is 6.10 Å². The topological polar surface area (TPSA) is 65.0 Å². The highest BCUT2D eigenvalue weighted by Gasteiger charge is 2.61. The van der Waals surface area contributed by atoms with Crippen molar-refractivity contribution in [2.45, 2.75) is 43.0 Å². The van der Waals surface area contributed by atoms with Crippen molar-refractivity contribution in [1.82, 2.24) is 0 Å². The second-order valence-corrected chi connectivity index (χ2v) is 5.40. The van der Waals surface area contributed by atoms with Crippen LogP contribution in [0.15, 0.2) is 30.3 Å². The number of benzene rings is 1. The van der Waals surface area contributed by atoms with Gasteiger partial charge in [-0.25, -0.2) is 4.79 Å². The Hall–Kier alpha value is -1.43. The molecule has 0 amide bonds. The van der Waals surface area contributed by atoms with Crippen LogP contribution in [0.4, 0.5) is 0 Å². The van der Waals surface area contributed by atoms with Crippen molar-refractivity contribution in [1.29, 1.82) is 0 Å². The fourth-order valence-electron chi connectivity index (χ4n) is 3.14. The molecule has 2 aliphatic heterocycles. The van der Waals surface area contributed by atoms with E-state index >= 15 is 0 Å². The number of fused-ring (bicyclic) bond motifs is 4. The molecule has 2 heterocycles. The lowest BCUT2D eigenvalue weighted by Gasteiger charge is -2.29. The van der Waals surface area contributed by atoms with Crippen LogP contribution in [0.25, 0.3) is 0 Å². The lowest BCUT2D eigenvalue weighted by molar-refractivity contribution is -0.158. The van der Waals surface area contributed by atoms with E-state index in [0.29, 0.717) is 6.42 Å². The third kappa shape index (κ3) is 1.62. The molecule has 2 saturated heterocycles. The molecule has 3 aliphatic rings. The van der Waals surface area contributed by atoms with Crippen molar-refractivity contribution in [2.24, 2.45) is 0 Å². The van der Waals surface area contributed by atoms with Crippen LogP contribution < -0.4 is 0 Å². The Morgan fingerprint density at radius 3 is 2.63 bits per heavy atom. The summed E-state index contributed by atoms with van der Waals surface area (Å²) in [6, 6.07) is 9.63. The van der Waals surface area contributed by atoms with Gasteiger partial charge in [0, 0.05) is 18.4 Å². The maximum absolute atomic E-state index is 11.6. The smallest absolute Gasteiger partial charge is 0.338 e. The van der Waals surface area contributed by atoms with Crippen LogP contribution in [-0.2, 0) is 19.0 Å². The Kier molecular flexibility index (Phi) is 2.27. The molecular weight excluding hydrogens is 248 g/mol. The Morgan fingerprint density at radius 1 is 1.11 bits per heavy atom. The molecule has 5 atom stereocenters. The SMILES string of the molecule is O=C1O[C@@H]2C[C@@]1(O)C[C@H]1OC(c3ccccc3)O[C@@H]21. The first-order valence-corrected chi connectivity index (χ1v) is 6.45. The quantitative estimate of drug-likeness (QED) is 0.762. The standard InChI is InChI=1S/C14H14O5/c15-13-14(16)6-9-11(10(7-14)18-13)19-12(17-9)8-4-2-1-3-5-8/h1-5,9-12,16H,6-7H2/t9-,10-,11-,12?,14+/m1/s1. The van der Waals surface area contributed by atoms with Crippen molar-refractivity contribution >= 4 is 5.97 Å². The Labute approximate surface area is 110 Å². The highest BCUT2D eigenvalue weighted by atomic mass is 16.7. The van der Waals surface area contributed by atoms with E-state index in [2.05, 4.69) is 0 Å². The fraction of sp³-hybridized carbons (Fsp3) is 0.500. The molecule has 0 aromatic heterocycles. The number of aliphatic hydroxyl groups is 1. The molecule has 4 rings (SSSR count). The number of ether oxygens (including phenoxy) is 3. The number of hydrogen-bond donors (Lipinski definition) is 1. The highest BCUT2D eigenvalue weighted by molar-refractivity contribution is 5.82. The first kappa shape index (κ1) is 11.4. The van der Waals surface area contributed by atoms with Gasteiger partial charge in [0.2, 0.25) is 0 Å². The predicted molar refractivity (Wildman–Crippen MR) is 63.0 cm³/mol. The molecule has 0 radical (unpaired) electrons. The van der Waals surface area contributed by atoms with Gasteiger partial charge in [-0.05, 0) is 0 Å². The van der Waals surface area contributed by atoms with E-state index < -0.39 is 24.0 Å². The molecule has 0 spiro atoms. The molecule has 1 unspecified atom stereocenters. The molecule has 5 nitrogen and oxygen atoms in total. The molecular formula is C14H14O5. The Morgan fingerprint density at radius 2 is 1.84 bits per heavy atom. The highest BCUT2D eigenvalue weighted by Crippen LogP contribution is 2.46. The Bertz CT molecular complexity index is 516. The van der Waals surface area contributed by atoms with Crippen LogP contribution in [0.3, 0.4) is 0 Å². The van der Waals surface area contributed by atoms with E-state index in [-0.39, 0.29) is 18.6 Å². The van der Waals surface area contributed by atoms with Gasteiger partial charge < -0.3 is 19.3 Å². The second-order valence-electron chi connectivity index (χ2n) is 5.40. The number of hydrogen-bond acceptors (Lipinski definition) is 5. The number of carbonyl (C=O) groups excluding carboxylic acids is 1. The van der Waals surface area contributed by atoms with E-state index in [0.717, 1.165) is 5.56 Å². The van der Waals surface area contributed by atoms with Crippen molar-refractivity contribution < 1.29 is 24.1 Å². The van der Waals surface area contributed by atoms with Crippen molar-refractivity contribution in [3.8, 4) is 0 Å². The van der Waals surface area contributed by atoms with Gasteiger partial charge in [0.1, 0.15) is 12.2 Å². The monoisotopic (exact) mass is 262 g/mol. The summed E-state index contributed by atoms with van der Waals surface area (Å²) in [4.78, 5) is 11.6. The summed E-state index contributed by atoms with van der Waals surface area (Å²) in [6.07, 6.45) is -0.867. The summed E-state index contributed by atoms with van der Waals surface area (Å²) in [6.45, 7) is 0. The van der Waals surface area contributed by atoms with E-state index in [1.54, 1.807) is 0 Å². The van der Waals surface area contributed by atoms with Gasteiger partial charge in [0.15, 0.2) is 11.9 Å². The van der Waals surface area contributed by atoms with E-state index in [4.69, 9.17) is 14.2 Å². The summed E-state index contributed by atoms with van der Waals surface area (Å²) in [7, 11) is 0. The zero-order valence-electron chi connectivity index (χ0n) is 10.2. The maximum atomic E-state index is 11.6. The minimum atomic E-state index is -1.39. The van der Waals surface area contributed by atoms with Crippen molar-refractivity contribution in [3.63, 3.8) is 0 Å². The van der Waals surface area contributed by atoms with Gasteiger partial charge in [-0.3, -0.25) is 0 Å². The summed E-state index contributed by atoms with van der Waals surface area (Å²) in [5.41, 5.74) is -0.452. The lowest BCUT2D eigenvalue weighted by atomic mass is 9.82. The second kappa shape index (κ2) is 3.79. The minimum absolute atomic E-state index is 0.246. The summed E-state index contributed by atoms with van der Waals surface area (Å²) in [5.74, 6) is -0.546. The molecule has 3 fully saturated rings. The fourth-order valence-corrected chi connectivity index (χ4v) is 3.14.